The molecule has 2 rings (SSSR count). The number of amidine groups is 1. The zero-order valence-electron chi connectivity index (χ0n) is 11.9. The smallest absolute Gasteiger partial charge is 0.285 e. The molecule has 2 aliphatic heterocycles. The molecule has 9 heteroatoms. The fourth-order valence-corrected chi connectivity index (χ4v) is 3.09. The number of hydrogen-bond donors (Lipinski definition) is 5. The number of rotatable bonds is 4. The molecule has 122 valence electrons. The molecule has 0 aromatic carbocycles. The van der Waals surface area contributed by atoms with E-state index in [2.05, 4.69) is 10.3 Å². The fourth-order valence-electron chi connectivity index (χ4n) is 2.41. The van der Waals surface area contributed by atoms with Crippen molar-refractivity contribution in [3.8, 4) is 0 Å². The van der Waals surface area contributed by atoms with Crippen molar-refractivity contribution < 1.29 is 29.9 Å². The molecule has 0 saturated carbocycles. The molecule has 0 bridgehead atoms. The monoisotopic (exact) mass is 322 g/mol. The largest absolute Gasteiger partial charge is 0.463 e. The molecule has 2 aliphatic rings. The molecular formula is C12H22N2O6S. The summed E-state index contributed by atoms with van der Waals surface area (Å²) in [6.45, 7) is 2.52. The summed E-state index contributed by atoms with van der Waals surface area (Å²) >= 11 is 1.22. The third-order valence-corrected chi connectivity index (χ3v) is 4.44. The summed E-state index contributed by atoms with van der Waals surface area (Å²) in [6.07, 6.45) is -3.95. The molecule has 7 atom stereocenters. The van der Waals surface area contributed by atoms with Gasteiger partial charge in [0.2, 0.25) is 0 Å². The molecule has 2 heterocycles. The molecule has 8 nitrogen and oxygen atoms in total. The highest BCUT2D eigenvalue weighted by Gasteiger charge is 2.47. The Bertz CT molecular complexity index is 381. The van der Waals surface area contributed by atoms with E-state index in [0.29, 0.717) is 13.2 Å². The zero-order chi connectivity index (χ0) is 15.6. The fraction of sp³-hybridized carbons (Fsp3) is 0.917. The molecule has 0 amide bonds. The van der Waals surface area contributed by atoms with Crippen LogP contribution >= 0.6 is 11.8 Å². The van der Waals surface area contributed by atoms with E-state index in [0.717, 1.165) is 0 Å². The van der Waals surface area contributed by atoms with Gasteiger partial charge < -0.3 is 35.2 Å². The second kappa shape index (κ2) is 7.12. The van der Waals surface area contributed by atoms with Gasteiger partial charge in [-0.15, -0.1) is 11.8 Å². The summed E-state index contributed by atoms with van der Waals surface area (Å²) in [7, 11) is 0. The van der Waals surface area contributed by atoms with Crippen molar-refractivity contribution in [2.75, 3.05) is 19.4 Å². The van der Waals surface area contributed by atoms with Crippen LogP contribution in [0.5, 0.6) is 0 Å². The Labute approximate surface area is 127 Å². The maximum atomic E-state index is 10.1. The van der Waals surface area contributed by atoms with Crippen LogP contribution in [0.15, 0.2) is 4.99 Å². The van der Waals surface area contributed by atoms with Gasteiger partial charge >= 0.3 is 0 Å². The minimum absolute atomic E-state index is 0.276. The van der Waals surface area contributed by atoms with Gasteiger partial charge in [-0.05, 0) is 13.2 Å². The average molecular weight is 322 g/mol. The predicted octanol–water partition coefficient (Wildman–Crippen LogP) is -2.12. The Morgan fingerprint density at radius 1 is 1.29 bits per heavy atom. The van der Waals surface area contributed by atoms with E-state index < -0.39 is 42.0 Å². The zero-order valence-corrected chi connectivity index (χ0v) is 12.7. The van der Waals surface area contributed by atoms with Crippen LogP contribution in [0, 0.1) is 0 Å². The van der Waals surface area contributed by atoms with Crippen LogP contribution in [0.2, 0.25) is 0 Å². The first-order valence-corrected chi connectivity index (χ1v) is 8.08. The Kier molecular flexibility index (Phi) is 5.69. The lowest BCUT2D eigenvalue weighted by atomic mass is 9.92. The molecule has 0 aromatic heterocycles. The number of aliphatic hydroxyl groups excluding tert-OH is 4. The molecule has 0 aliphatic carbocycles. The van der Waals surface area contributed by atoms with Crippen molar-refractivity contribution in [1.29, 1.82) is 0 Å². The minimum Gasteiger partial charge on any atom is -0.463 e. The molecule has 0 spiro atoms. The number of nitrogens with one attached hydrogen (secondary N) is 1. The highest BCUT2D eigenvalue weighted by atomic mass is 32.2. The Morgan fingerprint density at radius 3 is 2.52 bits per heavy atom. The van der Waals surface area contributed by atoms with Crippen molar-refractivity contribution >= 4 is 17.8 Å². The van der Waals surface area contributed by atoms with Crippen molar-refractivity contribution in [3.05, 3.63) is 0 Å². The SMILES string of the molecule is CS[C@H]1O[C@H]([C@H](NC2=NCCO2)[C@@H](C)O)[C@H](O)[C@H](O)[C@H]1O. The minimum atomic E-state index is -1.35. The van der Waals surface area contributed by atoms with Gasteiger partial charge in [-0.3, -0.25) is 0 Å². The van der Waals surface area contributed by atoms with Crippen LogP contribution < -0.4 is 5.32 Å². The Hall–Kier alpha value is -0.580. The highest BCUT2D eigenvalue weighted by Crippen LogP contribution is 2.29. The number of aliphatic imine (C=N–C) groups is 1. The Balaban J connectivity index is 2.13. The van der Waals surface area contributed by atoms with Gasteiger partial charge in [0.15, 0.2) is 0 Å². The van der Waals surface area contributed by atoms with E-state index in [1.165, 1.54) is 18.7 Å². The number of nitrogens with zero attached hydrogens (tertiary/aromatic N) is 1. The van der Waals surface area contributed by atoms with Crippen LogP contribution in [0.4, 0.5) is 0 Å². The molecule has 21 heavy (non-hydrogen) atoms. The van der Waals surface area contributed by atoms with Crippen molar-refractivity contribution in [3.63, 3.8) is 0 Å². The summed E-state index contributed by atoms with van der Waals surface area (Å²) in [5.41, 5.74) is -0.692. The summed E-state index contributed by atoms with van der Waals surface area (Å²) in [4.78, 5) is 4.07. The van der Waals surface area contributed by atoms with Crippen molar-refractivity contribution in [2.24, 2.45) is 4.99 Å². The second-order valence-corrected chi connectivity index (χ2v) is 6.06. The number of aliphatic hydroxyl groups is 4. The summed E-state index contributed by atoms with van der Waals surface area (Å²) in [5.74, 6) is 0. The van der Waals surface area contributed by atoms with Gasteiger partial charge in [0.05, 0.1) is 18.7 Å². The van der Waals surface area contributed by atoms with E-state index in [1.54, 1.807) is 6.26 Å². The lowest BCUT2D eigenvalue weighted by Gasteiger charge is -2.43. The summed E-state index contributed by atoms with van der Waals surface area (Å²) < 4.78 is 10.9. The first kappa shape index (κ1) is 16.8. The number of thioether (sulfide) groups is 1. The van der Waals surface area contributed by atoms with Gasteiger partial charge in [-0.2, -0.15) is 0 Å². The first-order chi connectivity index (χ1) is 9.95. The van der Waals surface area contributed by atoms with Crippen LogP contribution in [-0.2, 0) is 9.47 Å². The standard InChI is InChI=1S/C12H22N2O6S/c1-5(15)6(14-12-13-3-4-19-12)10-8(17)7(16)9(18)11(20-10)21-2/h5-11,15-18H,3-4H2,1-2H3,(H,13,14)/t5-,6-,7+,8-,9-,10-,11-/m1/s1. The molecule has 0 aromatic rings. The van der Waals surface area contributed by atoms with Gasteiger partial charge in [-0.1, -0.05) is 0 Å². The molecule has 1 saturated heterocycles. The normalized spacial score (nSPS) is 39.3. The van der Waals surface area contributed by atoms with Crippen molar-refractivity contribution in [2.45, 2.75) is 48.9 Å². The molecule has 0 unspecified atom stereocenters. The maximum absolute atomic E-state index is 10.1. The van der Waals surface area contributed by atoms with E-state index in [4.69, 9.17) is 9.47 Å². The van der Waals surface area contributed by atoms with Gasteiger partial charge in [0.1, 0.15) is 36.5 Å². The van der Waals surface area contributed by atoms with Crippen LogP contribution in [0.25, 0.3) is 0 Å². The third kappa shape index (κ3) is 3.61. The Morgan fingerprint density at radius 2 is 2.00 bits per heavy atom. The maximum Gasteiger partial charge on any atom is 0.285 e. The predicted molar refractivity (Wildman–Crippen MR) is 77.1 cm³/mol. The van der Waals surface area contributed by atoms with E-state index in [9.17, 15) is 20.4 Å². The lowest BCUT2D eigenvalue weighted by Crippen LogP contribution is -2.64. The topological polar surface area (TPSA) is 124 Å². The van der Waals surface area contributed by atoms with E-state index in [-0.39, 0.29) is 6.02 Å². The molecule has 5 N–H and O–H groups in total. The van der Waals surface area contributed by atoms with Crippen LogP contribution in [-0.4, -0.2) is 87.9 Å². The third-order valence-electron chi connectivity index (χ3n) is 3.59. The molecule has 1 fully saturated rings. The highest BCUT2D eigenvalue weighted by molar-refractivity contribution is 7.99. The van der Waals surface area contributed by atoms with Gasteiger partial charge in [0, 0.05) is 0 Å². The quantitative estimate of drug-likeness (QED) is 0.398. The lowest BCUT2D eigenvalue weighted by molar-refractivity contribution is -0.209. The summed E-state index contributed by atoms with van der Waals surface area (Å²) in [6, 6.07) is -0.452. The number of ether oxygens (including phenoxy) is 2. The van der Waals surface area contributed by atoms with E-state index >= 15 is 0 Å². The van der Waals surface area contributed by atoms with Gasteiger partial charge in [0.25, 0.3) is 6.02 Å². The average Bonchev–Trinajstić information content (AvgIpc) is 2.96. The first-order valence-electron chi connectivity index (χ1n) is 6.80. The second-order valence-electron chi connectivity index (χ2n) is 5.12. The van der Waals surface area contributed by atoms with E-state index in [1.807, 2.05) is 0 Å². The van der Waals surface area contributed by atoms with Crippen LogP contribution in [0.3, 0.4) is 0 Å². The van der Waals surface area contributed by atoms with Crippen LogP contribution in [0.1, 0.15) is 6.92 Å². The summed E-state index contributed by atoms with van der Waals surface area (Å²) in [5, 5.41) is 42.8. The molecule has 0 radical (unpaired) electrons. The number of hydrogen-bond acceptors (Lipinski definition) is 9. The van der Waals surface area contributed by atoms with Crippen molar-refractivity contribution in [1.82, 2.24) is 5.32 Å². The van der Waals surface area contributed by atoms with Gasteiger partial charge in [-0.25, -0.2) is 4.99 Å². The molecular weight excluding hydrogens is 300 g/mol.